The summed E-state index contributed by atoms with van der Waals surface area (Å²) < 4.78 is 49.3. The van der Waals surface area contributed by atoms with Crippen molar-refractivity contribution in [3.63, 3.8) is 0 Å². The van der Waals surface area contributed by atoms with E-state index in [2.05, 4.69) is 10.1 Å². The van der Waals surface area contributed by atoms with Crippen molar-refractivity contribution in [2.24, 2.45) is 32.8 Å². The molecule has 0 spiro atoms. The van der Waals surface area contributed by atoms with Gasteiger partial charge in [-0.2, -0.15) is 18.3 Å². The average molecular weight is 443 g/mol. The Hall–Kier alpha value is -2.01. The summed E-state index contributed by atoms with van der Waals surface area (Å²) in [5, 5.41) is 4.80. The van der Waals surface area contributed by atoms with Crippen LogP contribution >= 0.6 is 0 Å². The largest absolute Gasteiger partial charge is 0.407 e. The number of likely N-dealkylation sites (tertiary alicyclic amines) is 1. The number of alkyl halides is 3. The number of carbonyl (C=O) groups excluding carboxylic acids is 1. The van der Waals surface area contributed by atoms with E-state index in [4.69, 9.17) is 14.5 Å². The van der Waals surface area contributed by atoms with Gasteiger partial charge in [0, 0.05) is 32.6 Å². The molecule has 11 heteroatoms. The molecule has 4 rings (SSSR count). The highest BCUT2D eigenvalue weighted by atomic mass is 19.4. The van der Waals surface area contributed by atoms with Crippen molar-refractivity contribution in [3.8, 4) is 0 Å². The van der Waals surface area contributed by atoms with Crippen LogP contribution in [-0.2, 0) is 14.3 Å². The number of ether oxygens (including phenoxy) is 2. The van der Waals surface area contributed by atoms with Gasteiger partial charge < -0.3 is 14.4 Å². The number of amides is 1. The van der Waals surface area contributed by atoms with E-state index in [1.165, 1.54) is 18.2 Å². The smallest absolute Gasteiger partial charge is 0.380 e. The first-order valence-corrected chi connectivity index (χ1v) is 10.5. The minimum absolute atomic E-state index is 0.0201. The molecular formula is C20H28F3N5O3. The number of carbonyl (C=O) groups is 1. The summed E-state index contributed by atoms with van der Waals surface area (Å²) in [7, 11) is 3.17. The maximum absolute atomic E-state index is 13.3. The molecule has 0 aliphatic carbocycles. The molecule has 4 heterocycles. The predicted molar refractivity (Wildman–Crippen MR) is 108 cm³/mol. The molecule has 31 heavy (non-hydrogen) atoms. The number of hydrogen-bond donors (Lipinski definition) is 0. The second-order valence-electron chi connectivity index (χ2n) is 8.71. The number of methoxy groups -OCH3 is 2. The molecule has 1 amide bonds. The third-order valence-electron chi connectivity index (χ3n) is 6.55. The third kappa shape index (κ3) is 4.34. The molecule has 4 aliphatic heterocycles. The van der Waals surface area contributed by atoms with E-state index in [0.717, 1.165) is 17.9 Å². The van der Waals surface area contributed by atoms with Crippen molar-refractivity contribution >= 4 is 24.0 Å². The van der Waals surface area contributed by atoms with Gasteiger partial charge in [-0.05, 0) is 18.8 Å². The second-order valence-corrected chi connectivity index (χ2v) is 8.71. The Morgan fingerprint density at radius 3 is 2.65 bits per heavy atom. The molecule has 4 aliphatic rings. The van der Waals surface area contributed by atoms with Crippen molar-refractivity contribution in [2.75, 3.05) is 33.9 Å². The molecule has 0 aromatic heterocycles. The molecule has 7 atom stereocenters. The SMILES string of the molecule is COC1CN=CC(C2CC(C)C3C(=O)N(C4C=NN(CC(F)(F)F)C4)C(OC)C3=N2)C1. The number of hydrogen-bond acceptors (Lipinski definition) is 7. The maximum atomic E-state index is 13.3. The third-order valence-corrected chi connectivity index (χ3v) is 6.55. The first-order valence-electron chi connectivity index (χ1n) is 10.5. The molecule has 1 saturated heterocycles. The molecule has 172 valence electrons. The first-order chi connectivity index (χ1) is 14.7. The number of rotatable bonds is 5. The highest BCUT2D eigenvalue weighted by molar-refractivity contribution is 6.14. The van der Waals surface area contributed by atoms with E-state index < -0.39 is 30.9 Å². The molecule has 0 aromatic carbocycles. The highest BCUT2D eigenvalue weighted by Gasteiger charge is 2.53. The molecule has 8 nitrogen and oxygen atoms in total. The number of nitrogens with zero attached hydrogens (tertiary/aromatic N) is 5. The van der Waals surface area contributed by atoms with E-state index in [-0.39, 0.29) is 36.4 Å². The summed E-state index contributed by atoms with van der Waals surface area (Å²) in [6.45, 7) is 1.49. The van der Waals surface area contributed by atoms with Gasteiger partial charge in [-0.3, -0.25) is 19.8 Å². The molecule has 7 unspecified atom stereocenters. The Labute approximate surface area is 179 Å². The van der Waals surface area contributed by atoms with Gasteiger partial charge in [0.2, 0.25) is 5.91 Å². The van der Waals surface area contributed by atoms with Crippen molar-refractivity contribution in [1.82, 2.24) is 9.91 Å². The minimum Gasteiger partial charge on any atom is -0.380 e. The number of hydrazone groups is 1. The van der Waals surface area contributed by atoms with Gasteiger partial charge in [-0.25, -0.2) is 0 Å². The fourth-order valence-electron chi connectivity index (χ4n) is 5.11. The number of halogens is 3. The van der Waals surface area contributed by atoms with E-state index in [0.29, 0.717) is 12.3 Å². The number of aliphatic imine (C=N–C) groups is 2. The molecule has 0 radical (unpaired) electrons. The molecule has 0 saturated carbocycles. The van der Waals surface area contributed by atoms with Crippen molar-refractivity contribution < 1.29 is 27.4 Å². The summed E-state index contributed by atoms with van der Waals surface area (Å²) in [6, 6.07) is -0.625. The number of fused-ring (bicyclic) bond motifs is 1. The Balaban J connectivity index is 1.55. The zero-order valence-corrected chi connectivity index (χ0v) is 17.8. The summed E-state index contributed by atoms with van der Waals surface area (Å²) in [5.41, 5.74) is 0.659. The summed E-state index contributed by atoms with van der Waals surface area (Å²) >= 11 is 0. The van der Waals surface area contributed by atoms with Crippen LogP contribution in [0.3, 0.4) is 0 Å². The van der Waals surface area contributed by atoms with Crippen molar-refractivity contribution in [2.45, 2.75) is 50.4 Å². The fourth-order valence-corrected chi connectivity index (χ4v) is 5.11. The van der Waals surface area contributed by atoms with Gasteiger partial charge in [0.15, 0.2) is 6.23 Å². The van der Waals surface area contributed by atoms with Gasteiger partial charge in [0.05, 0.1) is 42.9 Å². The van der Waals surface area contributed by atoms with Gasteiger partial charge >= 0.3 is 6.18 Å². The van der Waals surface area contributed by atoms with Crippen LogP contribution < -0.4 is 0 Å². The standard InChI is InChI=1S/C20H28F3N5O3/c1-11-4-15(12-5-14(30-2)8-24-6-12)26-17-16(11)18(29)28(19(17)31-3)13-7-25-27(9-13)10-20(21,22)23/h6-7,11-16,19H,4-5,8-10H2,1-3H3. The van der Waals surface area contributed by atoms with Crippen LogP contribution in [0.1, 0.15) is 19.8 Å². The Morgan fingerprint density at radius 2 is 1.97 bits per heavy atom. The second kappa shape index (κ2) is 8.50. The maximum Gasteiger partial charge on any atom is 0.407 e. The zero-order chi connectivity index (χ0) is 22.3. The summed E-state index contributed by atoms with van der Waals surface area (Å²) in [4.78, 5) is 24.2. The van der Waals surface area contributed by atoms with Crippen LogP contribution in [0.25, 0.3) is 0 Å². The molecular weight excluding hydrogens is 415 g/mol. The highest BCUT2D eigenvalue weighted by Crippen LogP contribution is 2.39. The average Bonchev–Trinajstić information content (AvgIpc) is 3.28. The van der Waals surface area contributed by atoms with E-state index in [9.17, 15) is 18.0 Å². The molecule has 0 bridgehead atoms. The Morgan fingerprint density at radius 1 is 1.19 bits per heavy atom. The van der Waals surface area contributed by atoms with Gasteiger partial charge in [0.25, 0.3) is 0 Å². The lowest BCUT2D eigenvalue weighted by Gasteiger charge is -2.34. The lowest BCUT2D eigenvalue weighted by molar-refractivity contribution is -0.147. The first kappa shape index (κ1) is 22.2. The van der Waals surface area contributed by atoms with Crippen LogP contribution in [0.15, 0.2) is 15.1 Å². The quantitative estimate of drug-likeness (QED) is 0.647. The van der Waals surface area contributed by atoms with Gasteiger partial charge in [0.1, 0.15) is 6.54 Å². The van der Waals surface area contributed by atoms with Crippen LogP contribution in [0, 0.1) is 17.8 Å². The van der Waals surface area contributed by atoms with Crippen LogP contribution in [0.4, 0.5) is 13.2 Å². The van der Waals surface area contributed by atoms with Crippen LogP contribution in [0.2, 0.25) is 0 Å². The topological polar surface area (TPSA) is 79.1 Å². The fraction of sp³-hybridized carbons (Fsp3) is 0.800. The Kier molecular flexibility index (Phi) is 6.08. The summed E-state index contributed by atoms with van der Waals surface area (Å²) in [6.07, 6.45) is -0.129. The van der Waals surface area contributed by atoms with Gasteiger partial charge in [-0.15, -0.1) is 0 Å². The van der Waals surface area contributed by atoms with E-state index in [1.54, 1.807) is 7.11 Å². The van der Waals surface area contributed by atoms with Crippen LogP contribution in [-0.4, -0.2) is 98.4 Å². The van der Waals surface area contributed by atoms with Crippen LogP contribution in [0.5, 0.6) is 0 Å². The van der Waals surface area contributed by atoms with Crippen molar-refractivity contribution in [3.05, 3.63) is 0 Å². The Bertz CT molecular complexity index is 787. The van der Waals surface area contributed by atoms with E-state index >= 15 is 0 Å². The van der Waals surface area contributed by atoms with Crippen molar-refractivity contribution in [1.29, 1.82) is 0 Å². The zero-order valence-electron chi connectivity index (χ0n) is 17.8. The predicted octanol–water partition coefficient (Wildman–Crippen LogP) is 1.60. The monoisotopic (exact) mass is 443 g/mol. The van der Waals surface area contributed by atoms with Gasteiger partial charge in [-0.1, -0.05) is 6.92 Å². The van der Waals surface area contributed by atoms with E-state index in [1.807, 2.05) is 13.1 Å². The normalized spacial score (nSPS) is 38.1. The minimum atomic E-state index is -4.36. The molecule has 0 aromatic rings. The summed E-state index contributed by atoms with van der Waals surface area (Å²) in [5.74, 6) is -0.431. The lowest BCUT2D eigenvalue weighted by Crippen LogP contribution is -2.48. The molecule has 1 fully saturated rings. The lowest BCUT2D eigenvalue weighted by atomic mass is 9.78. The molecule has 0 N–H and O–H groups in total.